The maximum absolute atomic E-state index is 13.9. The molecular weight excluding hydrogens is 769 g/mol. The molecule has 0 saturated heterocycles. The number of hydrogen-bond donors (Lipinski definition) is 4. The van der Waals surface area contributed by atoms with Gasteiger partial charge in [0.05, 0.1) is 24.0 Å². The van der Waals surface area contributed by atoms with Crippen LogP contribution in [0.2, 0.25) is 5.04 Å². The zero-order chi connectivity index (χ0) is 38.5. The van der Waals surface area contributed by atoms with Crippen molar-refractivity contribution in [2.45, 2.75) is 52.8 Å². The largest absolute Gasteiger partial charge is 0.495 e. The van der Waals surface area contributed by atoms with E-state index in [1.165, 1.54) is 46.5 Å². The maximum atomic E-state index is 13.9. The van der Waals surface area contributed by atoms with Crippen molar-refractivity contribution in [2.75, 3.05) is 28.3 Å². The highest BCUT2D eigenvalue weighted by Gasteiger charge is 2.51. The molecular formula is C33H46N4O10S4Si. The zero-order valence-electron chi connectivity index (χ0n) is 29.0. The Balaban J connectivity index is 0.000000439. The van der Waals surface area contributed by atoms with Crippen LogP contribution < -0.4 is 38.8 Å². The van der Waals surface area contributed by atoms with Gasteiger partial charge in [0, 0.05) is 12.1 Å². The highest BCUT2D eigenvalue weighted by Crippen LogP contribution is 2.36. The Bertz CT molecular complexity index is 2250. The van der Waals surface area contributed by atoms with Gasteiger partial charge in [0.15, 0.2) is 0 Å². The Morgan fingerprint density at radius 3 is 1.27 bits per heavy atom. The number of primary sulfonamides is 1. The van der Waals surface area contributed by atoms with Gasteiger partial charge >= 0.3 is 0 Å². The van der Waals surface area contributed by atoms with Gasteiger partial charge in [-0.1, -0.05) is 88.9 Å². The van der Waals surface area contributed by atoms with Gasteiger partial charge in [-0.15, -0.1) is 0 Å². The lowest BCUT2D eigenvalue weighted by atomic mass is 10.2. The van der Waals surface area contributed by atoms with Gasteiger partial charge in [0.1, 0.15) is 21.3 Å². The fraction of sp³-hybridized carbons (Fsp3) is 0.273. The van der Waals surface area contributed by atoms with Crippen LogP contribution in [0.4, 0.5) is 0 Å². The van der Waals surface area contributed by atoms with E-state index in [-0.39, 0.29) is 38.5 Å². The molecule has 0 fully saturated rings. The predicted molar refractivity (Wildman–Crippen MR) is 205 cm³/mol. The van der Waals surface area contributed by atoms with Crippen molar-refractivity contribution in [1.82, 2.24) is 13.8 Å². The van der Waals surface area contributed by atoms with Crippen LogP contribution in [0, 0.1) is 0 Å². The number of rotatable bonds is 12. The number of ether oxygens (including phenoxy) is 2. The van der Waals surface area contributed by atoms with E-state index in [9.17, 15) is 33.7 Å². The third-order valence-electron chi connectivity index (χ3n) is 7.85. The number of methoxy groups -OCH3 is 2. The molecule has 0 atom stereocenters. The average Bonchev–Trinajstić information content (AvgIpc) is 3.10. The van der Waals surface area contributed by atoms with Gasteiger partial charge in [-0.25, -0.2) is 52.6 Å². The molecule has 0 bridgehead atoms. The molecule has 0 amide bonds. The standard InChI is InChI=1S/C24H30N2O5S2Si.C8H12N2O5S2.CH4/c1-24(2,3)34(20-12-8-6-9-13-20,21-14-10-7-11-15-21)26-33(29,30)23-17-16-19(18-22(23)31-5)32(27,28)25-4;1-10-17(13,14)6-3-4-8(16(9,11)12)7(5-6)15-2;/h6-18,25-26H,1-5H3;3-5,10H,1-2H3,(H2,9,11,12);1H4. The van der Waals surface area contributed by atoms with Gasteiger partial charge < -0.3 is 9.47 Å². The first-order chi connectivity index (χ1) is 23.6. The van der Waals surface area contributed by atoms with Crippen molar-refractivity contribution in [3.05, 3.63) is 97.1 Å². The van der Waals surface area contributed by atoms with Crippen LogP contribution in [0.3, 0.4) is 0 Å². The first-order valence-corrected chi connectivity index (χ1v) is 23.0. The van der Waals surface area contributed by atoms with E-state index in [0.717, 1.165) is 28.6 Å². The Labute approximate surface area is 309 Å². The number of nitrogens with one attached hydrogen (secondary N) is 3. The minimum absolute atomic E-state index is 0. The van der Waals surface area contributed by atoms with Crippen molar-refractivity contribution in [3.63, 3.8) is 0 Å². The Morgan fingerprint density at radius 1 is 0.577 bits per heavy atom. The Kier molecular flexibility index (Phi) is 14.5. The number of hydrogen-bond acceptors (Lipinski definition) is 10. The van der Waals surface area contributed by atoms with E-state index in [2.05, 4.69) is 13.8 Å². The van der Waals surface area contributed by atoms with Crippen LogP contribution >= 0.6 is 0 Å². The molecule has 4 aromatic carbocycles. The summed E-state index contributed by atoms with van der Waals surface area (Å²) in [4.78, 5) is -0.589. The molecule has 0 aliphatic rings. The molecule has 0 aromatic heterocycles. The van der Waals surface area contributed by atoms with Gasteiger partial charge in [-0.3, -0.25) is 0 Å². The second-order valence-electron chi connectivity index (χ2n) is 11.9. The second kappa shape index (κ2) is 17.0. The summed E-state index contributed by atoms with van der Waals surface area (Å²) in [5.41, 5.74) is 0. The Morgan fingerprint density at radius 2 is 0.942 bits per heavy atom. The van der Waals surface area contributed by atoms with Crippen molar-refractivity contribution >= 4 is 58.7 Å². The summed E-state index contributed by atoms with van der Waals surface area (Å²) in [6, 6.07) is 26.2. The van der Waals surface area contributed by atoms with Crippen molar-refractivity contribution in [2.24, 2.45) is 5.14 Å². The summed E-state index contributed by atoms with van der Waals surface area (Å²) in [5, 5.41) is 6.30. The SMILES string of the molecule is C.CNS(=O)(=O)c1ccc(S(=O)(=O)N[Si](c2ccccc2)(c2ccccc2)C(C)(C)C)c(OC)c1.CNS(=O)(=O)c1ccc(S(N)(=O)=O)c(OC)c1. The molecule has 0 radical (unpaired) electrons. The lowest BCUT2D eigenvalue weighted by molar-refractivity contribution is 0.401. The molecule has 0 saturated carbocycles. The van der Waals surface area contributed by atoms with E-state index in [1.54, 1.807) is 0 Å². The van der Waals surface area contributed by atoms with Crippen molar-refractivity contribution < 1.29 is 43.1 Å². The lowest BCUT2D eigenvalue weighted by Gasteiger charge is -2.43. The van der Waals surface area contributed by atoms with Crippen LogP contribution in [0.25, 0.3) is 0 Å². The molecule has 4 rings (SSSR count). The minimum atomic E-state index is -4.14. The molecule has 4 aromatic rings. The highest BCUT2D eigenvalue weighted by atomic mass is 32.2. The van der Waals surface area contributed by atoms with Crippen LogP contribution in [0.15, 0.2) is 117 Å². The number of sulfonamides is 4. The fourth-order valence-electron chi connectivity index (χ4n) is 5.26. The summed E-state index contributed by atoms with van der Waals surface area (Å²) in [5.74, 6) is -0.175. The zero-order valence-corrected chi connectivity index (χ0v) is 33.3. The highest BCUT2D eigenvalue weighted by molar-refractivity contribution is 7.91. The quantitative estimate of drug-likeness (QED) is 0.153. The molecule has 0 heterocycles. The normalized spacial score (nSPS) is 12.5. The monoisotopic (exact) mass is 814 g/mol. The lowest BCUT2D eigenvalue weighted by Crippen LogP contribution is -2.74. The minimum Gasteiger partial charge on any atom is -0.495 e. The van der Waals surface area contributed by atoms with E-state index in [1.807, 2.05) is 81.4 Å². The van der Waals surface area contributed by atoms with E-state index in [4.69, 9.17) is 14.6 Å². The summed E-state index contributed by atoms with van der Waals surface area (Å²) in [7, 11) is -13.6. The summed E-state index contributed by atoms with van der Waals surface area (Å²) >= 11 is 0. The predicted octanol–water partition coefficient (Wildman–Crippen LogP) is 2.33. The van der Waals surface area contributed by atoms with Crippen molar-refractivity contribution in [3.8, 4) is 11.5 Å². The molecule has 286 valence electrons. The van der Waals surface area contributed by atoms with Crippen LogP contribution in [0.5, 0.6) is 11.5 Å². The van der Waals surface area contributed by atoms with Crippen LogP contribution in [-0.2, 0) is 40.1 Å². The number of benzene rings is 4. The van der Waals surface area contributed by atoms with E-state index >= 15 is 0 Å². The van der Waals surface area contributed by atoms with Gasteiger partial charge in [0.25, 0.3) is 0 Å². The molecule has 0 unspecified atom stereocenters. The molecule has 14 nitrogen and oxygen atoms in total. The smallest absolute Gasteiger partial charge is 0.241 e. The van der Waals surface area contributed by atoms with E-state index < -0.39 is 53.4 Å². The molecule has 19 heteroatoms. The first-order valence-electron chi connectivity index (χ1n) is 15.0. The molecule has 5 N–H and O–H groups in total. The second-order valence-corrected chi connectivity index (χ2v) is 23.6. The average molecular weight is 815 g/mol. The summed E-state index contributed by atoms with van der Waals surface area (Å²) in [6.45, 7) is 6.09. The Hall–Kier alpha value is -3.66. The van der Waals surface area contributed by atoms with Gasteiger partial charge in [-0.2, -0.15) is 0 Å². The third kappa shape index (κ3) is 9.65. The van der Waals surface area contributed by atoms with Gasteiger partial charge in [-0.05, 0) is 53.8 Å². The summed E-state index contributed by atoms with van der Waals surface area (Å²) in [6.07, 6.45) is 0. The van der Waals surface area contributed by atoms with Gasteiger partial charge in [0.2, 0.25) is 48.3 Å². The van der Waals surface area contributed by atoms with E-state index in [0.29, 0.717) is 0 Å². The number of nitrogens with two attached hydrogens (primary N) is 1. The summed E-state index contributed by atoms with van der Waals surface area (Å²) < 4.78 is 115. The molecule has 0 aliphatic heterocycles. The van der Waals surface area contributed by atoms with Crippen LogP contribution in [0.1, 0.15) is 28.2 Å². The topological polar surface area (TPSA) is 217 Å². The maximum Gasteiger partial charge on any atom is 0.241 e. The fourth-order valence-corrected chi connectivity index (χ4v) is 15.8. The third-order valence-corrected chi connectivity index (χ3v) is 19.5. The van der Waals surface area contributed by atoms with Crippen molar-refractivity contribution in [1.29, 1.82) is 0 Å². The molecule has 0 spiro atoms. The molecule has 52 heavy (non-hydrogen) atoms. The molecule has 0 aliphatic carbocycles. The first kappa shape index (κ1) is 44.5. The van der Waals surface area contributed by atoms with Crippen LogP contribution in [-0.4, -0.2) is 70.2 Å².